The fraction of sp³-hybridized carbons (Fsp3) is 0.0851. The predicted molar refractivity (Wildman–Crippen MR) is 238 cm³/mol. The van der Waals surface area contributed by atoms with Crippen molar-refractivity contribution >= 4 is 70.6 Å². The second-order valence-corrected chi connectivity index (χ2v) is 18.4. The molecule has 0 fully saturated rings. The lowest BCUT2D eigenvalue weighted by Gasteiger charge is -2.19. The molecule has 0 bridgehead atoms. The lowest BCUT2D eigenvalue weighted by Crippen LogP contribution is -2.26. The van der Waals surface area contributed by atoms with E-state index in [0.29, 0.717) is 45.1 Å². The molecule has 0 amide bonds. The fourth-order valence-electron chi connectivity index (χ4n) is 7.45. The predicted octanol–water partition coefficient (Wildman–Crippen LogP) is 9.70. The summed E-state index contributed by atoms with van der Waals surface area (Å²) in [5.41, 5.74) is 5.17. The van der Waals surface area contributed by atoms with E-state index in [1.165, 1.54) is 48.5 Å². The van der Waals surface area contributed by atoms with Gasteiger partial charge in [0.25, 0.3) is 0 Å². The highest BCUT2D eigenvalue weighted by molar-refractivity contribution is 7.89. The van der Waals surface area contributed by atoms with Crippen LogP contribution in [-0.4, -0.2) is 45.7 Å². The summed E-state index contributed by atoms with van der Waals surface area (Å²) in [7, 11) is -7.64. The molecule has 0 aliphatic heterocycles. The van der Waals surface area contributed by atoms with Gasteiger partial charge in [0.15, 0.2) is 5.78 Å². The van der Waals surface area contributed by atoms with Gasteiger partial charge in [-0.05, 0) is 128 Å². The van der Waals surface area contributed by atoms with Crippen molar-refractivity contribution in [1.29, 1.82) is 0 Å². The standard InChI is InChI=1S/C47H36Cl2N4O5S2/c48-35-13-17-37(18-14-35)59(55,56)52-27-21-33-11-9-31-5-1-3-7-39(31)45(33)41-23-25-50-29-43(41)47(54)44-30-51-26-24-42(44)46-34(12-10-32-6-2-4-8-40(32)46)22-28-53-60(57,58)38-19-15-36(49)16-20-38/h1-20,23-26,29-30,52-53H,21-22,27-28H2. The van der Waals surface area contributed by atoms with E-state index in [0.717, 1.165) is 43.8 Å². The zero-order valence-electron chi connectivity index (χ0n) is 31.8. The first-order valence-electron chi connectivity index (χ1n) is 19.0. The van der Waals surface area contributed by atoms with E-state index in [9.17, 15) is 16.8 Å². The number of nitrogens with one attached hydrogen (secondary N) is 2. The molecule has 0 aliphatic rings. The Kier molecular flexibility index (Phi) is 11.9. The Balaban J connectivity index is 1.17. The van der Waals surface area contributed by atoms with Crippen molar-refractivity contribution in [2.75, 3.05) is 13.1 Å². The molecule has 8 aromatic rings. The molecule has 0 saturated carbocycles. The van der Waals surface area contributed by atoms with Crippen molar-refractivity contribution < 1.29 is 21.6 Å². The van der Waals surface area contributed by atoms with E-state index >= 15 is 4.79 Å². The number of fused-ring (bicyclic) bond motifs is 2. The highest BCUT2D eigenvalue weighted by atomic mass is 35.5. The molecule has 9 nitrogen and oxygen atoms in total. The molecule has 2 N–H and O–H groups in total. The molecule has 60 heavy (non-hydrogen) atoms. The van der Waals surface area contributed by atoms with E-state index in [2.05, 4.69) is 19.4 Å². The number of pyridine rings is 2. The lowest BCUT2D eigenvalue weighted by atomic mass is 9.85. The van der Waals surface area contributed by atoms with Crippen LogP contribution in [0.3, 0.4) is 0 Å². The summed E-state index contributed by atoms with van der Waals surface area (Å²) in [6.45, 7) is 0.189. The van der Waals surface area contributed by atoms with Crippen LogP contribution < -0.4 is 9.44 Å². The highest BCUT2D eigenvalue weighted by Crippen LogP contribution is 2.39. The zero-order chi connectivity index (χ0) is 41.9. The number of ketones is 1. The first-order chi connectivity index (χ1) is 29.0. The number of hydrogen-bond acceptors (Lipinski definition) is 7. The van der Waals surface area contributed by atoms with Gasteiger partial charge in [-0.15, -0.1) is 0 Å². The lowest BCUT2D eigenvalue weighted by molar-refractivity contribution is 0.103. The van der Waals surface area contributed by atoms with Gasteiger partial charge in [0.2, 0.25) is 20.0 Å². The van der Waals surface area contributed by atoms with Crippen LogP contribution in [0.15, 0.2) is 168 Å². The molecule has 8 rings (SSSR count). The van der Waals surface area contributed by atoms with Crippen molar-refractivity contribution in [3.63, 3.8) is 0 Å². The van der Waals surface area contributed by atoms with Crippen molar-refractivity contribution in [3.8, 4) is 22.3 Å². The Hall–Kier alpha value is -5.79. The van der Waals surface area contributed by atoms with Gasteiger partial charge in [-0.3, -0.25) is 14.8 Å². The summed E-state index contributed by atoms with van der Waals surface area (Å²) in [4.78, 5) is 24.1. The summed E-state index contributed by atoms with van der Waals surface area (Å²) in [6.07, 6.45) is 7.03. The molecule has 0 aliphatic carbocycles. The Morgan fingerprint density at radius 1 is 0.500 bits per heavy atom. The number of hydrogen-bond donors (Lipinski definition) is 2. The van der Waals surface area contributed by atoms with Gasteiger partial charge in [-0.25, -0.2) is 26.3 Å². The summed E-state index contributed by atoms with van der Waals surface area (Å²) in [5.74, 6) is -0.314. The molecule has 0 spiro atoms. The Bertz CT molecular complexity index is 2920. The van der Waals surface area contributed by atoms with Gasteiger partial charge in [-0.2, -0.15) is 0 Å². The second-order valence-electron chi connectivity index (χ2n) is 14.0. The number of sulfonamides is 2. The average molecular weight is 872 g/mol. The molecule has 0 atom stereocenters. The summed E-state index contributed by atoms with van der Waals surface area (Å²) < 4.78 is 58.1. The number of halogens is 2. The van der Waals surface area contributed by atoms with Crippen LogP contribution in [0, 0.1) is 0 Å². The first kappa shape index (κ1) is 41.0. The molecule has 6 aromatic carbocycles. The third-order valence-electron chi connectivity index (χ3n) is 10.3. The monoisotopic (exact) mass is 870 g/mol. The summed E-state index contributed by atoms with van der Waals surface area (Å²) in [5, 5.41) is 4.54. The number of benzene rings is 6. The number of aromatic nitrogens is 2. The second kappa shape index (κ2) is 17.4. The molecule has 0 unspecified atom stereocenters. The molecule has 300 valence electrons. The molecule has 2 aromatic heterocycles. The van der Waals surface area contributed by atoms with Crippen LogP contribution in [0.5, 0.6) is 0 Å². The third kappa shape index (κ3) is 8.60. The fourth-order valence-corrected chi connectivity index (χ4v) is 9.77. The molecule has 2 heterocycles. The maximum absolute atomic E-state index is 15.1. The Morgan fingerprint density at radius 3 is 1.32 bits per heavy atom. The van der Waals surface area contributed by atoms with E-state index in [1.54, 1.807) is 24.8 Å². The smallest absolute Gasteiger partial charge is 0.240 e. The van der Waals surface area contributed by atoms with E-state index in [4.69, 9.17) is 23.2 Å². The van der Waals surface area contributed by atoms with Gasteiger partial charge in [0, 0.05) is 59.0 Å². The first-order valence-corrected chi connectivity index (χ1v) is 22.7. The average Bonchev–Trinajstić information content (AvgIpc) is 3.26. The van der Waals surface area contributed by atoms with Crippen LogP contribution in [0.4, 0.5) is 0 Å². The van der Waals surface area contributed by atoms with Crippen molar-refractivity contribution in [2.24, 2.45) is 0 Å². The van der Waals surface area contributed by atoms with Crippen LogP contribution in [0.1, 0.15) is 27.0 Å². The van der Waals surface area contributed by atoms with E-state index in [1.807, 2.05) is 84.9 Å². The van der Waals surface area contributed by atoms with Crippen molar-refractivity contribution in [2.45, 2.75) is 22.6 Å². The third-order valence-corrected chi connectivity index (χ3v) is 13.8. The van der Waals surface area contributed by atoms with E-state index in [-0.39, 0.29) is 28.7 Å². The van der Waals surface area contributed by atoms with Gasteiger partial charge in [0.05, 0.1) is 9.79 Å². The quantitative estimate of drug-likeness (QED) is 0.104. The van der Waals surface area contributed by atoms with Gasteiger partial charge in [-0.1, -0.05) is 96.0 Å². The van der Waals surface area contributed by atoms with Crippen molar-refractivity contribution in [3.05, 3.63) is 191 Å². The Labute approximate surface area is 358 Å². The number of carbonyl (C=O) groups is 1. The molecule has 0 saturated heterocycles. The van der Waals surface area contributed by atoms with Crippen LogP contribution in [-0.2, 0) is 32.9 Å². The number of nitrogens with zero attached hydrogens (tertiary/aromatic N) is 2. The molecular weight excluding hydrogens is 836 g/mol. The van der Waals surface area contributed by atoms with E-state index < -0.39 is 20.0 Å². The van der Waals surface area contributed by atoms with Gasteiger partial charge in [0.1, 0.15) is 0 Å². The summed E-state index contributed by atoms with van der Waals surface area (Å²) in [6, 6.07) is 39.2. The van der Waals surface area contributed by atoms with Crippen molar-refractivity contribution in [1.82, 2.24) is 19.4 Å². The maximum atomic E-state index is 15.1. The van der Waals surface area contributed by atoms with Crippen LogP contribution in [0.2, 0.25) is 10.0 Å². The van der Waals surface area contributed by atoms with Gasteiger partial charge >= 0.3 is 0 Å². The Morgan fingerprint density at radius 2 is 0.900 bits per heavy atom. The van der Waals surface area contributed by atoms with Crippen LogP contribution in [0.25, 0.3) is 43.8 Å². The van der Waals surface area contributed by atoms with Gasteiger partial charge < -0.3 is 0 Å². The number of carbonyl (C=O) groups excluding carboxylic acids is 1. The topological polar surface area (TPSA) is 135 Å². The highest BCUT2D eigenvalue weighted by Gasteiger charge is 2.24. The minimum Gasteiger partial charge on any atom is -0.288 e. The molecular formula is C47H36Cl2N4O5S2. The molecule has 0 radical (unpaired) electrons. The SMILES string of the molecule is O=C(c1cnccc1-c1c(CCNS(=O)(=O)c2ccc(Cl)cc2)ccc2ccccc12)c1cnccc1-c1c(CCNS(=O)(=O)c2ccc(Cl)cc2)ccc2ccccc12. The molecule has 13 heteroatoms. The minimum absolute atomic E-state index is 0.0944. The maximum Gasteiger partial charge on any atom is 0.240 e. The normalized spacial score (nSPS) is 11.9. The van der Waals surface area contributed by atoms with Crippen LogP contribution >= 0.6 is 23.2 Å². The largest absolute Gasteiger partial charge is 0.288 e. The zero-order valence-corrected chi connectivity index (χ0v) is 35.0. The number of rotatable bonds is 14. The summed E-state index contributed by atoms with van der Waals surface area (Å²) >= 11 is 12.0. The minimum atomic E-state index is -3.82.